The number of carbonyl (C=O) groups excluding carboxylic acids is 2. The molecule has 2 aliphatic rings. The van der Waals surface area contributed by atoms with Crippen molar-refractivity contribution in [1.29, 1.82) is 0 Å². The van der Waals surface area contributed by atoms with Gasteiger partial charge in [0, 0.05) is 43.9 Å². The third-order valence-electron chi connectivity index (χ3n) is 7.00. The second-order valence-corrected chi connectivity index (χ2v) is 10.3. The maximum Gasteiger partial charge on any atom is 0.275 e. The third-order valence-corrected chi connectivity index (χ3v) is 8.00. The third kappa shape index (κ3) is 6.34. The van der Waals surface area contributed by atoms with Gasteiger partial charge in [0.15, 0.2) is 0 Å². The number of rotatable bonds is 7. The molecular weight excluding hydrogens is 491 g/mol. The molecule has 0 unspecified atom stereocenters. The van der Waals surface area contributed by atoms with Crippen molar-refractivity contribution in [1.82, 2.24) is 9.88 Å². The minimum atomic E-state index is -0.266. The summed E-state index contributed by atoms with van der Waals surface area (Å²) in [5.74, 6) is -0.108. The van der Waals surface area contributed by atoms with Gasteiger partial charge in [-0.1, -0.05) is 24.3 Å². The molecule has 194 valence electrons. The first kappa shape index (κ1) is 25.4. The number of halogens is 1. The van der Waals surface area contributed by atoms with Gasteiger partial charge in [-0.25, -0.2) is 9.37 Å². The molecule has 2 amide bonds. The summed E-state index contributed by atoms with van der Waals surface area (Å²) in [7, 11) is 0. The van der Waals surface area contributed by atoms with Crippen molar-refractivity contribution in [3.05, 3.63) is 76.0 Å². The number of nitrogens with zero attached hydrogens (tertiary/aromatic N) is 3. The van der Waals surface area contributed by atoms with Gasteiger partial charge in [0.1, 0.15) is 11.5 Å². The van der Waals surface area contributed by atoms with Crippen LogP contribution in [-0.2, 0) is 16.0 Å². The lowest BCUT2D eigenvalue weighted by Gasteiger charge is -2.31. The number of likely N-dealkylation sites (tertiary alicyclic amines) is 1. The van der Waals surface area contributed by atoms with E-state index in [2.05, 4.69) is 15.2 Å². The molecule has 3 aromatic rings. The molecule has 7 nitrogen and oxygen atoms in total. The van der Waals surface area contributed by atoms with Crippen LogP contribution in [0.2, 0.25) is 0 Å². The monoisotopic (exact) mass is 522 g/mol. The largest absolute Gasteiger partial charge is 0.378 e. The van der Waals surface area contributed by atoms with Gasteiger partial charge >= 0.3 is 0 Å². The topological polar surface area (TPSA) is 74.8 Å². The first-order chi connectivity index (χ1) is 18.1. The van der Waals surface area contributed by atoms with Crippen molar-refractivity contribution in [3.8, 4) is 0 Å². The molecule has 2 aliphatic heterocycles. The summed E-state index contributed by atoms with van der Waals surface area (Å²) >= 11 is 1.51. The van der Waals surface area contributed by atoms with Crippen molar-refractivity contribution >= 4 is 34.5 Å². The molecule has 37 heavy (non-hydrogen) atoms. The number of ether oxygens (including phenoxy) is 1. The highest BCUT2D eigenvalue weighted by Gasteiger charge is 2.26. The highest BCUT2D eigenvalue weighted by Crippen LogP contribution is 2.32. The lowest BCUT2D eigenvalue weighted by molar-refractivity contribution is -0.132. The number of para-hydroxylation sites is 2. The van der Waals surface area contributed by atoms with Crippen molar-refractivity contribution < 1.29 is 18.7 Å². The molecule has 3 heterocycles. The van der Waals surface area contributed by atoms with Crippen LogP contribution in [0.1, 0.15) is 46.2 Å². The second-order valence-electron chi connectivity index (χ2n) is 9.42. The molecule has 9 heteroatoms. The van der Waals surface area contributed by atoms with Crippen LogP contribution in [-0.4, -0.2) is 61.1 Å². The van der Waals surface area contributed by atoms with E-state index in [9.17, 15) is 14.0 Å². The SMILES string of the molecule is O=C(Nc1ccccc1N1CCOCC1)c1csc(C2CCN(C(=O)CCc3ccc(F)cc3)CC2)n1. The van der Waals surface area contributed by atoms with Gasteiger partial charge in [0.2, 0.25) is 5.91 Å². The Labute approximate surface area is 220 Å². The molecule has 0 atom stereocenters. The number of thiazole rings is 1. The number of anilines is 2. The van der Waals surface area contributed by atoms with E-state index in [1.54, 1.807) is 12.1 Å². The van der Waals surface area contributed by atoms with Gasteiger partial charge in [-0.3, -0.25) is 9.59 Å². The predicted molar refractivity (Wildman–Crippen MR) is 143 cm³/mol. The van der Waals surface area contributed by atoms with Crippen LogP contribution in [0.4, 0.5) is 15.8 Å². The van der Waals surface area contributed by atoms with Crippen LogP contribution in [0, 0.1) is 5.82 Å². The van der Waals surface area contributed by atoms with Crippen molar-refractivity contribution in [2.75, 3.05) is 49.6 Å². The highest BCUT2D eigenvalue weighted by atomic mass is 32.1. The quantitative estimate of drug-likeness (QED) is 0.487. The summed E-state index contributed by atoms with van der Waals surface area (Å²) in [6.07, 6.45) is 2.69. The summed E-state index contributed by atoms with van der Waals surface area (Å²) in [5, 5.41) is 5.81. The van der Waals surface area contributed by atoms with E-state index in [0.717, 1.165) is 47.9 Å². The number of hydrogen-bond donors (Lipinski definition) is 1. The normalized spacial score (nSPS) is 16.6. The fourth-order valence-corrected chi connectivity index (χ4v) is 5.83. The average molecular weight is 523 g/mol. The number of carbonyl (C=O) groups is 2. The molecule has 2 saturated heterocycles. The smallest absolute Gasteiger partial charge is 0.275 e. The number of benzene rings is 2. The van der Waals surface area contributed by atoms with Crippen LogP contribution in [0.5, 0.6) is 0 Å². The van der Waals surface area contributed by atoms with Crippen LogP contribution in [0.15, 0.2) is 53.9 Å². The van der Waals surface area contributed by atoms with Crippen LogP contribution >= 0.6 is 11.3 Å². The number of amides is 2. The minimum Gasteiger partial charge on any atom is -0.378 e. The number of hydrogen-bond acceptors (Lipinski definition) is 6. The van der Waals surface area contributed by atoms with E-state index < -0.39 is 0 Å². The zero-order valence-electron chi connectivity index (χ0n) is 20.7. The Morgan fingerprint density at radius 3 is 2.51 bits per heavy atom. The van der Waals surface area contributed by atoms with Crippen molar-refractivity contribution in [2.24, 2.45) is 0 Å². The number of piperidine rings is 1. The Hall–Kier alpha value is -3.30. The Balaban J connectivity index is 1.13. The number of nitrogens with one attached hydrogen (secondary N) is 1. The molecule has 2 aromatic carbocycles. The highest BCUT2D eigenvalue weighted by molar-refractivity contribution is 7.10. The molecule has 5 rings (SSSR count). The van der Waals surface area contributed by atoms with E-state index in [1.165, 1.54) is 23.5 Å². The standard InChI is InChI=1S/C28H31FN4O3S/c29-22-8-5-20(6-9-22)7-10-26(34)33-13-11-21(12-14-33)28-31-24(19-37-28)27(35)30-23-3-1-2-4-25(23)32-15-17-36-18-16-32/h1-6,8-9,19,21H,7,10-18H2,(H,30,35). The lowest BCUT2D eigenvalue weighted by Crippen LogP contribution is -2.38. The van der Waals surface area contributed by atoms with Gasteiger partial charge in [0.05, 0.1) is 29.6 Å². The zero-order chi connectivity index (χ0) is 25.6. The maximum atomic E-state index is 13.1. The summed E-state index contributed by atoms with van der Waals surface area (Å²) < 4.78 is 18.5. The molecular formula is C28H31FN4O3S. The van der Waals surface area contributed by atoms with E-state index in [0.29, 0.717) is 44.8 Å². The van der Waals surface area contributed by atoms with Gasteiger partial charge in [-0.15, -0.1) is 11.3 Å². The summed E-state index contributed by atoms with van der Waals surface area (Å²) in [5.41, 5.74) is 3.16. The first-order valence-electron chi connectivity index (χ1n) is 12.8. The first-order valence-corrected chi connectivity index (χ1v) is 13.7. The predicted octanol–water partition coefficient (Wildman–Crippen LogP) is 4.71. The molecule has 1 aromatic heterocycles. The zero-order valence-corrected chi connectivity index (χ0v) is 21.5. The molecule has 1 N–H and O–H groups in total. The van der Waals surface area contributed by atoms with Gasteiger partial charge in [-0.2, -0.15) is 0 Å². The number of morpholine rings is 1. The van der Waals surface area contributed by atoms with Gasteiger partial charge < -0.3 is 19.9 Å². The summed E-state index contributed by atoms with van der Waals surface area (Å²) in [6.45, 7) is 4.30. The molecule has 0 radical (unpaired) electrons. The molecule has 0 aliphatic carbocycles. The average Bonchev–Trinajstić information content (AvgIpc) is 3.44. The Morgan fingerprint density at radius 2 is 1.76 bits per heavy atom. The summed E-state index contributed by atoms with van der Waals surface area (Å²) in [4.78, 5) is 34.5. The van der Waals surface area contributed by atoms with Crippen molar-refractivity contribution in [2.45, 2.75) is 31.6 Å². The van der Waals surface area contributed by atoms with E-state index in [-0.39, 0.29) is 23.5 Å². The second kappa shape index (κ2) is 11.8. The van der Waals surface area contributed by atoms with E-state index in [1.807, 2.05) is 34.5 Å². The molecule has 0 bridgehead atoms. The fraction of sp³-hybridized carbons (Fsp3) is 0.393. The van der Waals surface area contributed by atoms with Crippen LogP contribution in [0.3, 0.4) is 0 Å². The van der Waals surface area contributed by atoms with Gasteiger partial charge in [-0.05, 0) is 49.1 Å². The fourth-order valence-electron chi connectivity index (χ4n) is 4.86. The Kier molecular flexibility index (Phi) is 8.11. The lowest BCUT2D eigenvalue weighted by atomic mass is 9.97. The maximum absolute atomic E-state index is 13.1. The van der Waals surface area contributed by atoms with Crippen LogP contribution in [0.25, 0.3) is 0 Å². The Morgan fingerprint density at radius 1 is 1.03 bits per heavy atom. The molecule has 0 saturated carbocycles. The van der Waals surface area contributed by atoms with E-state index >= 15 is 0 Å². The number of aryl methyl sites for hydroxylation is 1. The van der Waals surface area contributed by atoms with E-state index in [4.69, 9.17) is 4.74 Å². The van der Waals surface area contributed by atoms with Crippen LogP contribution < -0.4 is 10.2 Å². The molecule has 2 fully saturated rings. The molecule has 0 spiro atoms. The minimum absolute atomic E-state index is 0.126. The number of aromatic nitrogens is 1. The van der Waals surface area contributed by atoms with Gasteiger partial charge in [0.25, 0.3) is 5.91 Å². The summed E-state index contributed by atoms with van der Waals surface area (Å²) in [6, 6.07) is 14.1. The Bertz CT molecular complexity index is 1220. The van der Waals surface area contributed by atoms with Crippen molar-refractivity contribution in [3.63, 3.8) is 0 Å².